The van der Waals surface area contributed by atoms with Crippen LogP contribution in [0.25, 0.3) is 0 Å². The number of ether oxygens (including phenoxy) is 3. The lowest BCUT2D eigenvalue weighted by Crippen LogP contribution is -2.40. The summed E-state index contributed by atoms with van der Waals surface area (Å²) in [6.07, 6.45) is -1.55. The third-order valence-corrected chi connectivity index (χ3v) is 6.24. The number of phenols is 2. The van der Waals surface area contributed by atoms with Crippen LogP contribution >= 0.6 is 0 Å². The van der Waals surface area contributed by atoms with Gasteiger partial charge < -0.3 is 29.5 Å². The number of phenolic OH excluding ortho intramolecular Hbond substituents is 2. The molecule has 1 aliphatic rings. The van der Waals surface area contributed by atoms with E-state index in [1.54, 1.807) is 13.8 Å². The van der Waals surface area contributed by atoms with Crippen LogP contribution in [0.2, 0.25) is 0 Å². The minimum absolute atomic E-state index is 0.00560. The fourth-order valence-corrected chi connectivity index (χ4v) is 4.16. The molecule has 3 atom stereocenters. The van der Waals surface area contributed by atoms with Crippen molar-refractivity contribution in [1.29, 1.82) is 0 Å². The fraction of sp³-hybridized carbons (Fsp3) is 0.462. The maximum Gasteiger partial charge on any atom is 0.202 e. The highest BCUT2D eigenvalue weighted by molar-refractivity contribution is 6.31. The molecule has 0 aliphatic heterocycles. The van der Waals surface area contributed by atoms with Gasteiger partial charge in [-0.1, -0.05) is 26.0 Å². The number of rotatable bonds is 12. The van der Waals surface area contributed by atoms with Crippen molar-refractivity contribution in [2.75, 3.05) is 20.5 Å². The Bertz CT molecular complexity index is 1130. The number of ketones is 2. The Morgan fingerprint density at radius 3 is 2.33 bits per heavy atom. The zero-order valence-electron chi connectivity index (χ0n) is 20.8. The molecule has 196 valence electrons. The van der Waals surface area contributed by atoms with Crippen LogP contribution in [0.4, 0.5) is 4.39 Å². The molecule has 0 aromatic heterocycles. The van der Waals surface area contributed by atoms with E-state index in [2.05, 4.69) is 5.32 Å². The third-order valence-electron chi connectivity index (χ3n) is 6.24. The monoisotopic (exact) mass is 505 g/mol. The van der Waals surface area contributed by atoms with Gasteiger partial charge in [-0.3, -0.25) is 14.9 Å². The molecule has 9 nitrogen and oxygen atoms in total. The second-order valence-electron chi connectivity index (χ2n) is 8.53. The normalized spacial score (nSPS) is 15.2. The first-order chi connectivity index (χ1) is 17.2. The van der Waals surface area contributed by atoms with Gasteiger partial charge >= 0.3 is 0 Å². The molecule has 10 heteroatoms. The van der Waals surface area contributed by atoms with E-state index in [1.807, 2.05) is 6.92 Å². The first-order valence-electron chi connectivity index (χ1n) is 11.8. The van der Waals surface area contributed by atoms with E-state index in [0.717, 1.165) is 0 Å². The van der Waals surface area contributed by atoms with E-state index in [1.165, 1.54) is 25.3 Å². The first kappa shape index (κ1) is 27.4. The molecular weight excluding hydrogens is 473 g/mol. The largest absolute Gasteiger partial charge is 0.507 e. The van der Waals surface area contributed by atoms with E-state index >= 15 is 0 Å². The van der Waals surface area contributed by atoms with Gasteiger partial charge in [-0.25, -0.2) is 4.39 Å². The number of aromatic hydroxyl groups is 2. The second kappa shape index (κ2) is 11.7. The molecular formula is C26H32FNO8. The number of carbonyl (C=O) groups excluding carboxylic acids is 2. The lowest BCUT2D eigenvalue weighted by Gasteiger charge is -2.26. The van der Waals surface area contributed by atoms with Gasteiger partial charge in [0.25, 0.3) is 0 Å². The molecule has 4 N–H and O–H groups in total. The molecule has 3 unspecified atom stereocenters. The van der Waals surface area contributed by atoms with Gasteiger partial charge in [0.05, 0.1) is 30.4 Å². The summed E-state index contributed by atoms with van der Waals surface area (Å²) < 4.78 is 30.8. The molecule has 0 spiro atoms. The van der Waals surface area contributed by atoms with Crippen molar-refractivity contribution >= 4 is 11.6 Å². The minimum atomic E-state index is -1.41. The summed E-state index contributed by atoms with van der Waals surface area (Å²) in [7, 11) is 1.34. The van der Waals surface area contributed by atoms with Crippen LogP contribution in [-0.2, 0) is 11.2 Å². The number of aliphatic hydroxyl groups is 1. The number of halogens is 1. The van der Waals surface area contributed by atoms with Gasteiger partial charge in [0.1, 0.15) is 23.9 Å². The number of aliphatic hydroxyl groups excluding tert-OH is 1. The highest BCUT2D eigenvalue weighted by atomic mass is 19.1. The van der Waals surface area contributed by atoms with Crippen LogP contribution in [0.3, 0.4) is 0 Å². The van der Waals surface area contributed by atoms with Crippen molar-refractivity contribution in [3.8, 4) is 23.0 Å². The van der Waals surface area contributed by atoms with Crippen molar-refractivity contribution < 1.29 is 43.5 Å². The molecule has 3 rings (SSSR count). The number of carbonyl (C=O) groups is 2. The summed E-state index contributed by atoms with van der Waals surface area (Å²) in [6.45, 7) is 4.67. The van der Waals surface area contributed by atoms with Gasteiger partial charge in [-0.05, 0) is 25.8 Å². The van der Waals surface area contributed by atoms with E-state index in [-0.39, 0.29) is 53.7 Å². The Morgan fingerprint density at radius 1 is 1.03 bits per heavy atom. The van der Waals surface area contributed by atoms with Crippen molar-refractivity contribution in [1.82, 2.24) is 5.32 Å². The van der Waals surface area contributed by atoms with Crippen LogP contribution < -0.4 is 14.8 Å². The second-order valence-corrected chi connectivity index (χ2v) is 8.53. The zero-order chi connectivity index (χ0) is 26.6. The van der Waals surface area contributed by atoms with Crippen molar-refractivity contribution in [2.24, 2.45) is 0 Å². The molecule has 0 amide bonds. The van der Waals surface area contributed by atoms with Gasteiger partial charge in [-0.15, -0.1) is 0 Å². The number of nitrogens with one attached hydrogen (secondary N) is 1. The molecule has 2 aromatic rings. The average molecular weight is 506 g/mol. The number of methoxy groups -OCH3 is 1. The predicted octanol–water partition coefficient (Wildman–Crippen LogP) is 3.23. The van der Waals surface area contributed by atoms with Crippen LogP contribution in [0.15, 0.2) is 18.2 Å². The van der Waals surface area contributed by atoms with Crippen molar-refractivity contribution in [2.45, 2.75) is 58.5 Å². The van der Waals surface area contributed by atoms with E-state index in [4.69, 9.17) is 14.2 Å². The summed E-state index contributed by atoms with van der Waals surface area (Å²) >= 11 is 0. The standard InChI is InChI=1S/C26H32FNO8/c1-5-14(27)10-17-23(31)20-21(24(32)19-16(22(20)30)8-7-9-18(19)34-4)25(33)26(17)36-12-35-13(3)28-15(6-2)11-29/h7-9,13-15,28-29,31,33H,5-6,10-12H2,1-4H3. The Balaban J connectivity index is 2.05. The van der Waals surface area contributed by atoms with Gasteiger partial charge in [0, 0.05) is 23.6 Å². The van der Waals surface area contributed by atoms with Crippen LogP contribution in [-0.4, -0.2) is 65.8 Å². The summed E-state index contributed by atoms with van der Waals surface area (Å²) in [5, 5.41) is 34.6. The van der Waals surface area contributed by atoms with Crippen LogP contribution in [0.1, 0.15) is 71.0 Å². The Morgan fingerprint density at radius 2 is 1.72 bits per heavy atom. The lowest BCUT2D eigenvalue weighted by molar-refractivity contribution is -0.0502. The third kappa shape index (κ3) is 5.16. The average Bonchev–Trinajstić information content (AvgIpc) is 2.88. The SMILES string of the molecule is CCC(F)Cc1c(O)c2c(c(O)c1OCOC(C)NC(CC)CO)C(=O)c1c(OC)cccc1C2=O. The molecule has 0 heterocycles. The Hall–Kier alpha value is -3.21. The molecule has 36 heavy (non-hydrogen) atoms. The number of alkyl halides is 1. The highest BCUT2D eigenvalue weighted by Gasteiger charge is 2.40. The van der Waals surface area contributed by atoms with Gasteiger partial charge in [0.15, 0.2) is 24.1 Å². The Labute approximate surface area is 208 Å². The molecule has 2 aromatic carbocycles. The van der Waals surface area contributed by atoms with Crippen molar-refractivity contribution in [3.63, 3.8) is 0 Å². The van der Waals surface area contributed by atoms with Crippen LogP contribution in [0.5, 0.6) is 23.0 Å². The summed E-state index contributed by atoms with van der Waals surface area (Å²) in [5.41, 5.74) is -1.04. The summed E-state index contributed by atoms with van der Waals surface area (Å²) in [4.78, 5) is 26.7. The molecule has 1 aliphatic carbocycles. The number of hydrogen-bond donors (Lipinski definition) is 4. The maximum absolute atomic E-state index is 14.4. The van der Waals surface area contributed by atoms with Crippen molar-refractivity contribution in [3.05, 3.63) is 46.0 Å². The molecule has 0 saturated heterocycles. The zero-order valence-corrected chi connectivity index (χ0v) is 20.8. The first-order valence-corrected chi connectivity index (χ1v) is 11.8. The number of hydrogen-bond acceptors (Lipinski definition) is 9. The van der Waals surface area contributed by atoms with Crippen LogP contribution in [0, 0.1) is 0 Å². The predicted molar refractivity (Wildman–Crippen MR) is 129 cm³/mol. The minimum Gasteiger partial charge on any atom is -0.507 e. The van der Waals surface area contributed by atoms with E-state index < -0.39 is 53.4 Å². The summed E-state index contributed by atoms with van der Waals surface area (Å²) in [5.74, 6) is -2.97. The molecule has 0 radical (unpaired) electrons. The quantitative estimate of drug-likeness (QED) is 0.216. The van der Waals surface area contributed by atoms with E-state index in [0.29, 0.717) is 6.42 Å². The smallest absolute Gasteiger partial charge is 0.202 e. The number of fused-ring (bicyclic) bond motifs is 2. The van der Waals surface area contributed by atoms with E-state index in [9.17, 15) is 29.3 Å². The maximum atomic E-state index is 14.4. The fourth-order valence-electron chi connectivity index (χ4n) is 4.16. The molecule has 0 fully saturated rings. The van der Waals surface area contributed by atoms with Gasteiger partial charge in [-0.2, -0.15) is 0 Å². The highest BCUT2D eigenvalue weighted by Crippen LogP contribution is 2.48. The summed E-state index contributed by atoms with van der Waals surface area (Å²) in [6, 6.07) is 4.26. The molecule has 0 bridgehead atoms. The number of benzene rings is 2. The van der Waals surface area contributed by atoms with Gasteiger partial charge in [0.2, 0.25) is 5.78 Å². The Kier molecular flexibility index (Phi) is 8.89. The molecule has 0 saturated carbocycles. The topological polar surface area (TPSA) is 135 Å². The lowest BCUT2D eigenvalue weighted by atomic mass is 9.80.